The quantitative estimate of drug-likeness (QED) is 0.796. The van der Waals surface area contributed by atoms with Crippen LogP contribution in [0.5, 0.6) is 0 Å². The van der Waals surface area contributed by atoms with Crippen LogP contribution in [0.15, 0.2) is 6.07 Å². The van der Waals surface area contributed by atoms with Crippen LogP contribution >= 0.6 is 0 Å². The molecule has 4 rings (SSSR count). The summed E-state index contributed by atoms with van der Waals surface area (Å²) in [7, 11) is 0. The van der Waals surface area contributed by atoms with E-state index < -0.39 is 0 Å². The first kappa shape index (κ1) is 19.9. The molecule has 6 nitrogen and oxygen atoms in total. The minimum atomic E-state index is 0.00677. The SMILES string of the molecule is Cc1cc(C)n(CCC(=O)N2CCC3(CC2)CC(N2CCCCC2)CCO3)n1. The number of piperidine rings is 2. The Hall–Kier alpha value is -1.40. The van der Waals surface area contributed by atoms with Crippen LogP contribution in [0.4, 0.5) is 0 Å². The summed E-state index contributed by atoms with van der Waals surface area (Å²) in [5.41, 5.74) is 2.15. The van der Waals surface area contributed by atoms with Gasteiger partial charge < -0.3 is 14.5 Å². The maximum atomic E-state index is 12.7. The predicted octanol–water partition coefficient (Wildman–Crippen LogP) is 2.92. The highest BCUT2D eigenvalue weighted by Gasteiger charge is 2.42. The molecule has 1 aromatic heterocycles. The van der Waals surface area contributed by atoms with E-state index in [0.717, 1.165) is 50.3 Å². The summed E-state index contributed by atoms with van der Waals surface area (Å²) in [4.78, 5) is 17.5. The number of hydrogen-bond donors (Lipinski definition) is 0. The number of carbonyl (C=O) groups excluding carboxylic acids is 1. The number of hydrogen-bond acceptors (Lipinski definition) is 4. The molecule has 3 saturated heterocycles. The summed E-state index contributed by atoms with van der Waals surface area (Å²) in [5, 5.41) is 4.47. The van der Waals surface area contributed by atoms with E-state index in [-0.39, 0.29) is 11.5 Å². The van der Waals surface area contributed by atoms with E-state index in [1.54, 1.807) is 0 Å². The molecule has 6 heteroatoms. The van der Waals surface area contributed by atoms with Gasteiger partial charge in [-0.15, -0.1) is 0 Å². The fourth-order valence-corrected chi connectivity index (χ4v) is 5.37. The molecule has 1 amide bonds. The molecule has 0 N–H and O–H groups in total. The Kier molecular flexibility index (Phi) is 6.07. The first-order valence-corrected chi connectivity index (χ1v) is 11.2. The van der Waals surface area contributed by atoms with E-state index in [1.165, 1.54) is 38.8 Å². The van der Waals surface area contributed by atoms with Gasteiger partial charge in [-0.05, 0) is 71.5 Å². The van der Waals surface area contributed by atoms with Crippen LogP contribution in [0.25, 0.3) is 0 Å². The van der Waals surface area contributed by atoms with E-state index >= 15 is 0 Å². The zero-order chi connectivity index (χ0) is 19.6. The fourth-order valence-electron chi connectivity index (χ4n) is 5.37. The maximum absolute atomic E-state index is 12.7. The first-order valence-electron chi connectivity index (χ1n) is 11.2. The highest BCUT2D eigenvalue weighted by Crippen LogP contribution is 2.37. The highest BCUT2D eigenvalue weighted by atomic mass is 16.5. The van der Waals surface area contributed by atoms with Crippen LogP contribution in [0.1, 0.15) is 62.8 Å². The largest absolute Gasteiger partial charge is 0.375 e. The third kappa shape index (κ3) is 4.43. The van der Waals surface area contributed by atoms with Crippen LogP contribution in [-0.4, -0.2) is 69.9 Å². The van der Waals surface area contributed by atoms with Gasteiger partial charge in [-0.1, -0.05) is 6.42 Å². The number of amides is 1. The predicted molar refractivity (Wildman–Crippen MR) is 109 cm³/mol. The normalized spacial score (nSPS) is 25.9. The van der Waals surface area contributed by atoms with Gasteiger partial charge in [-0.2, -0.15) is 5.10 Å². The topological polar surface area (TPSA) is 50.6 Å². The summed E-state index contributed by atoms with van der Waals surface area (Å²) in [6.07, 6.45) is 8.93. The molecule has 28 heavy (non-hydrogen) atoms. The summed E-state index contributed by atoms with van der Waals surface area (Å²) in [6, 6.07) is 2.75. The number of ether oxygens (including phenoxy) is 1. The standard InChI is InChI=1S/C22H36N4O2/c1-18-16-19(2)26(23-18)12-6-21(27)25-13-8-22(9-14-25)17-20(7-15-28-22)24-10-4-3-5-11-24/h16,20H,3-15,17H2,1-2H3. The average molecular weight is 389 g/mol. The number of aryl methyl sites for hydroxylation is 3. The van der Waals surface area contributed by atoms with Gasteiger partial charge in [0.1, 0.15) is 0 Å². The summed E-state index contributed by atoms with van der Waals surface area (Å²) < 4.78 is 8.28. The molecule has 3 aliphatic heterocycles. The molecule has 0 radical (unpaired) electrons. The lowest BCUT2D eigenvalue weighted by atomic mass is 9.81. The van der Waals surface area contributed by atoms with Crippen molar-refractivity contribution in [2.45, 2.75) is 83.4 Å². The number of carbonyl (C=O) groups is 1. The molecule has 4 heterocycles. The lowest BCUT2D eigenvalue weighted by Crippen LogP contribution is -2.55. The fraction of sp³-hybridized carbons (Fsp3) is 0.818. The number of aromatic nitrogens is 2. The highest BCUT2D eigenvalue weighted by molar-refractivity contribution is 5.76. The molecular formula is C22H36N4O2. The molecule has 1 aromatic rings. The number of rotatable bonds is 4. The van der Waals surface area contributed by atoms with Crippen LogP contribution in [-0.2, 0) is 16.1 Å². The van der Waals surface area contributed by atoms with Crippen molar-refractivity contribution in [2.75, 3.05) is 32.8 Å². The lowest BCUT2D eigenvalue weighted by molar-refractivity contribution is -0.149. The molecule has 0 aliphatic carbocycles. The van der Waals surface area contributed by atoms with E-state index in [2.05, 4.69) is 16.1 Å². The molecule has 1 spiro atoms. The van der Waals surface area contributed by atoms with Crippen LogP contribution in [0.3, 0.4) is 0 Å². The zero-order valence-corrected chi connectivity index (χ0v) is 17.7. The first-order chi connectivity index (χ1) is 13.5. The van der Waals surface area contributed by atoms with E-state index in [1.807, 2.05) is 23.4 Å². The number of likely N-dealkylation sites (tertiary alicyclic amines) is 2. The van der Waals surface area contributed by atoms with Gasteiger partial charge in [0.05, 0.1) is 11.3 Å². The molecule has 1 unspecified atom stereocenters. The minimum Gasteiger partial charge on any atom is -0.375 e. The summed E-state index contributed by atoms with van der Waals surface area (Å²) in [5.74, 6) is 0.255. The van der Waals surface area contributed by atoms with Crippen molar-refractivity contribution in [3.63, 3.8) is 0 Å². The summed E-state index contributed by atoms with van der Waals surface area (Å²) >= 11 is 0. The van der Waals surface area contributed by atoms with Gasteiger partial charge in [0.25, 0.3) is 0 Å². The van der Waals surface area contributed by atoms with Crippen LogP contribution < -0.4 is 0 Å². The van der Waals surface area contributed by atoms with Gasteiger partial charge in [0.15, 0.2) is 0 Å². The average Bonchev–Trinajstić information content (AvgIpc) is 3.04. The molecule has 3 fully saturated rings. The second-order valence-corrected chi connectivity index (χ2v) is 9.06. The van der Waals surface area contributed by atoms with E-state index in [9.17, 15) is 4.79 Å². The van der Waals surface area contributed by atoms with Crippen molar-refractivity contribution in [1.29, 1.82) is 0 Å². The smallest absolute Gasteiger partial charge is 0.224 e. The lowest BCUT2D eigenvalue weighted by Gasteiger charge is -2.49. The third-order valence-electron chi connectivity index (χ3n) is 7.04. The van der Waals surface area contributed by atoms with E-state index in [4.69, 9.17) is 4.74 Å². The molecule has 0 saturated carbocycles. The Balaban J connectivity index is 1.27. The second kappa shape index (κ2) is 8.54. The van der Waals surface area contributed by atoms with E-state index in [0.29, 0.717) is 19.0 Å². The summed E-state index contributed by atoms with van der Waals surface area (Å²) in [6.45, 7) is 9.80. The number of nitrogens with zero attached hydrogens (tertiary/aromatic N) is 4. The van der Waals surface area contributed by atoms with Crippen molar-refractivity contribution in [2.24, 2.45) is 0 Å². The Labute approximate surface area is 169 Å². The molecule has 156 valence electrons. The zero-order valence-electron chi connectivity index (χ0n) is 17.7. The van der Waals surface area contributed by atoms with Gasteiger partial charge in [0, 0.05) is 44.4 Å². The Morgan fingerprint density at radius 2 is 1.93 bits per heavy atom. The Morgan fingerprint density at radius 3 is 2.61 bits per heavy atom. The van der Waals surface area contributed by atoms with Gasteiger partial charge in [0.2, 0.25) is 5.91 Å². The minimum absolute atomic E-state index is 0.00677. The van der Waals surface area contributed by atoms with Crippen molar-refractivity contribution in [3.05, 3.63) is 17.5 Å². The Bertz CT molecular complexity index is 672. The van der Waals surface area contributed by atoms with Crippen molar-refractivity contribution >= 4 is 5.91 Å². The molecule has 0 aromatic carbocycles. The molecule has 1 atom stereocenters. The second-order valence-electron chi connectivity index (χ2n) is 9.06. The Morgan fingerprint density at radius 1 is 1.18 bits per heavy atom. The molecule has 0 bridgehead atoms. The molecule has 3 aliphatic rings. The van der Waals surface area contributed by atoms with Crippen molar-refractivity contribution < 1.29 is 9.53 Å². The van der Waals surface area contributed by atoms with Gasteiger partial charge in [-0.3, -0.25) is 9.48 Å². The molecular weight excluding hydrogens is 352 g/mol. The van der Waals surface area contributed by atoms with Gasteiger partial charge in [-0.25, -0.2) is 0 Å². The van der Waals surface area contributed by atoms with Crippen LogP contribution in [0, 0.1) is 13.8 Å². The monoisotopic (exact) mass is 388 g/mol. The van der Waals surface area contributed by atoms with Crippen molar-refractivity contribution in [3.8, 4) is 0 Å². The van der Waals surface area contributed by atoms with Crippen LogP contribution in [0.2, 0.25) is 0 Å². The maximum Gasteiger partial charge on any atom is 0.224 e. The van der Waals surface area contributed by atoms with Gasteiger partial charge >= 0.3 is 0 Å². The van der Waals surface area contributed by atoms with Crippen molar-refractivity contribution in [1.82, 2.24) is 19.6 Å². The third-order valence-corrected chi connectivity index (χ3v) is 7.04.